The Morgan fingerprint density at radius 3 is 2.75 bits per heavy atom. The zero-order chi connectivity index (χ0) is 14.5. The van der Waals surface area contributed by atoms with Gasteiger partial charge in [0, 0.05) is 41.3 Å². The van der Waals surface area contributed by atoms with Crippen molar-refractivity contribution in [1.82, 2.24) is 9.97 Å². The molecular formula is C14H20N4OS. The van der Waals surface area contributed by atoms with Gasteiger partial charge in [-0.3, -0.25) is 4.21 Å². The molecule has 0 aliphatic heterocycles. The monoisotopic (exact) mass is 292 g/mol. The standard InChI is InChI=1S/C14H20N4OS/c1-10(20(3)19)8-9-16-13-11-6-4-5-7-12(11)17-14(15-2)18-13/h4-7,10H,8-9H2,1-3H3,(H2,15,16,17,18). The molecule has 0 bridgehead atoms. The van der Waals surface area contributed by atoms with Crippen LogP contribution in [0.1, 0.15) is 13.3 Å². The van der Waals surface area contributed by atoms with Crippen LogP contribution in [0.25, 0.3) is 10.9 Å². The highest BCUT2D eigenvalue weighted by Crippen LogP contribution is 2.21. The van der Waals surface area contributed by atoms with Crippen molar-refractivity contribution in [2.24, 2.45) is 0 Å². The van der Waals surface area contributed by atoms with Gasteiger partial charge in [-0.15, -0.1) is 0 Å². The number of nitrogens with one attached hydrogen (secondary N) is 2. The lowest BCUT2D eigenvalue weighted by atomic mass is 10.2. The highest BCUT2D eigenvalue weighted by Gasteiger charge is 2.08. The second-order valence-electron chi connectivity index (χ2n) is 4.69. The van der Waals surface area contributed by atoms with Gasteiger partial charge in [0.15, 0.2) is 0 Å². The smallest absolute Gasteiger partial charge is 0.224 e. The number of benzene rings is 1. The van der Waals surface area contributed by atoms with E-state index in [4.69, 9.17) is 0 Å². The van der Waals surface area contributed by atoms with Gasteiger partial charge in [0.25, 0.3) is 0 Å². The third kappa shape index (κ3) is 3.45. The number of nitrogens with zero attached hydrogens (tertiary/aromatic N) is 2. The summed E-state index contributed by atoms with van der Waals surface area (Å²) in [6.07, 6.45) is 2.58. The number of aromatic nitrogens is 2. The summed E-state index contributed by atoms with van der Waals surface area (Å²) in [6.45, 7) is 2.74. The molecule has 20 heavy (non-hydrogen) atoms. The zero-order valence-corrected chi connectivity index (χ0v) is 12.8. The van der Waals surface area contributed by atoms with Crippen LogP contribution >= 0.6 is 0 Å². The van der Waals surface area contributed by atoms with E-state index in [0.29, 0.717) is 5.95 Å². The number of para-hydroxylation sites is 1. The Bertz CT molecular complexity index is 617. The lowest BCUT2D eigenvalue weighted by molar-refractivity contribution is 0.672. The van der Waals surface area contributed by atoms with Crippen molar-refractivity contribution in [3.63, 3.8) is 0 Å². The van der Waals surface area contributed by atoms with E-state index in [1.165, 1.54) is 0 Å². The molecule has 0 fully saturated rings. The van der Waals surface area contributed by atoms with Gasteiger partial charge in [-0.05, 0) is 18.6 Å². The van der Waals surface area contributed by atoms with Crippen LogP contribution in [0.15, 0.2) is 24.3 Å². The molecule has 2 unspecified atom stereocenters. The van der Waals surface area contributed by atoms with Crippen LogP contribution < -0.4 is 10.6 Å². The highest BCUT2D eigenvalue weighted by atomic mass is 32.2. The second-order valence-corrected chi connectivity index (χ2v) is 6.49. The average Bonchev–Trinajstić information content (AvgIpc) is 2.46. The first-order chi connectivity index (χ1) is 9.61. The Balaban J connectivity index is 2.18. The molecule has 5 nitrogen and oxygen atoms in total. The summed E-state index contributed by atoms with van der Waals surface area (Å²) in [5, 5.41) is 7.47. The first-order valence-electron chi connectivity index (χ1n) is 6.62. The Hall–Kier alpha value is -1.69. The molecule has 0 radical (unpaired) electrons. The van der Waals surface area contributed by atoms with E-state index in [2.05, 4.69) is 20.6 Å². The summed E-state index contributed by atoms with van der Waals surface area (Å²) in [4.78, 5) is 8.87. The van der Waals surface area contributed by atoms with E-state index in [1.54, 1.807) is 13.3 Å². The molecule has 2 N–H and O–H groups in total. The molecule has 1 heterocycles. The van der Waals surface area contributed by atoms with E-state index in [1.807, 2.05) is 31.2 Å². The maximum Gasteiger partial charge on any atom is 0.224 e. The lowest BCUT2D eigenvalue weighted by Gasteiger charge is -2.12. The van der Waals surface area contributed by atoms with Crippen molar-refractivity contribution in [3.8, 4) is 0 Å². The molecular weight excluding hydrogens is 272 g/mol. The molecule has 1 aromatic carbocycles. The number of rotatable bonds is 6. The third-order valence-corrected chi connectivity index (χ3v) is 4.61. The van der Waals surface area contributed by atoms with Crippen LogP contribution in [0, 0.1) is 0 Å². The van der Waals surface area contributed by atoms with Crippen molar-refractivity contribution < 1.29 is 4.21 Å². The summed E-state index contributed by atoms with van der Waals surface area (Å²) >= 11 is 0. The molecule has 2 atom stereocenters. The van der Waals surface area contributed by atoms with Crippen LogP contribution in [0.4, 0.5) is 11.8 Å². The normalized spacial score (nSPS) is 13.9. The molecule has 0 amide bonds. The molecule has 2 aromatic rings. The average molecular weight is 292 g/mol. The first kappa shape index (κ1) is 14.7. The van der Waals surface area contributed by atoms with Crippen molar-refractivity contribution in [1.29, 1.82) is 0 Å². The van der Waals surface area contributed by atoms with Crippen LogP contribution in [-0.4, -0.2) is 39.3 Å². The van der Waals surface area contributed by atoms with E-state index in [9.17, 15) is 4.21 Å². The maximum absolute atomic E-state index is 11.3. The molecule has 0 aliphatic carbocycles. The van der Waals surface area contributed by atoms with Crippen LogP contribution in [0.2, 0.25) is 0 Å². The molecule has 6 heteroatoms. The fourth-order valence-electron chi connectivity index (χ4n) is 1.88. The van der Waals surface area contributed by atoms with Gasteiger partial charge in [0.1, 0.15) is 5.82 Å². The van der Waals surface area contributed by atoms with Crippen molar-refractivity contribution in [2.75, 3.05) is 30.5 Å². The van der Waals surface area contributed by atoms with E-state index in [0.717, 1.165) is 29.7 Å². The quantitative estimate of drug-likeness (QED) is 0.854. The third-order valence-electron chi connectivity index (χ3n) is 3.24. The summed E-state index contributed by atoms with van der Waals surface area (Å²) in [7, 11) is 1.02. The van der Waals surface area contributed by atoms with Crippen LogP contribution in [-0.2, 0) is 10.8 Å². The maximum atomic E-state index is 11.3. The van der Waals surface area contributed by atoms with Gasteiger partial charge in [-0.2, -0.15) is 4.98 Å². The summed E-state index contributed by atoms with van der Waals surface area (Å²) in [6, 6.07) is 7.89. The predicted octanol–water partition coefficient (Wildman–Crippen LogP) is 2.24. The number of fused-ring (bicyclic) bond motifs is 1. The molecule has 1 aromatic heterocycles. The Morgan fingerprint density at radius 1 is 1.30 bits per heavy atom. The fraction of sp³-hybridized carbons (Fsp3) is 0.429. The van der Waals surface area contributed by atoms with Crippen molar-refractivity contribution in [3.05, 3.63) is 24.3 Å². The minimum atomic E-state index is -0.786. The summed E-state index contributed by atoms with van der Waals surface area (Å²) in [5.74, 6) is 1.41. The highest BCUT2D eigenvalue weighted by molar-refractivity contribution is 7.84. The number of hydrogen-bond acceptors (Lipinski definition) is 5. The Morgan fingerprint density at radius 2 is 2.05 bits per heavy atom. The molecule has 2 rings (SSSR count). The van der Waals surface area contributed by atoms with Crippen LogP contribution in [0.5, 0.6) is 0 Å². The summed E-state index contributed by atoms with van der Waals surface area (Å²) < 4.78 is 11.3. The lowest BCUT2D eigenvalue weighted by Crippen LogP contribution is -2.15. The van der Waals surface area contributed by atoms with E-state index < -0.39 is 10.8 Å². The topological polar surface area (TPSA) is 66.9 Å². The first-order valence-corrected chi connectivity index (χ1v) is 8.24. The Kier molecular flexibility index (Phi) is 4.89. The SMILES string of the molecule is CNc1nc(NCCC(C)S(C)=O)c2ccccc2n1. The molecule has 108 valence electrons. The largest absolute Gasteiger partial charge is 0.369 e. The minimum Gasteiger partial charge on any atom is -0.369 e. The number of hydrogen-bond donors (Lipinski definition) is 2. The van der Waals surface area contributed by atoms with Crippen molar-refractivity contribution >= 4 is 33.5 Å². The second kappa shape index (κ2) is 6.65. The van der Waals surface area contributed by atoms with E-state index >= 15 is 0 Å². The minimum absolute atomic E-state index is 0.180. The Labute approximate surface area is 121 Å². The molecule has 0 saturated heterocycles. The predicted molar refractivity (Wildman–Crippen MR) is 85.7 cm³/mol. The van der Waals surface area contributed by atoms with Gasteiger partial charge < -0.3 is 10.6 Å². The van der Waals surface area contributed by atoms with Crippen molar-refractivity contribution in [2.45, 2.75) is 18.6 Å². The molecule has 0 saturated carbocycles. The summed E-state index contributed by atoms with van der Waals surface area (Å²) in [5.41, 5.74) is 0.904. The molecule has 0 spiro atoms. The fourth-order valence-corrected chi connectivity index (χ4v) is 2.33. The van der Waals surface area contributed by atoms with Gasteiger partial charge in [-0.1, -0.05) is 19.1 Å². The van der Waals surface area contributed by atoms with Gasteiger partial charge in [-0.25, -0.2) is 4.98 Å². The van der Waals surface area contributed by atoms with Gasteiger partial charge in [0.05, 0.1) is 5.52 Å². The van der Waals surface area contributed by atoms with Gasteiger partial charge in [0.2, 0.25) is 5.95 Å². The zero-order valence-electron chi connectivity index (χ0n) is 12.0. The van der Waals surface area contributed by atoms with Gasteiger partial charge >= 0.3 is 0 Å². The molecule has 0 aliphatic rings. The van der Waals surface area contributed by atoms with E-state index in [-0.39, 0.29) is 5.25 Å². The van der Waals surface area contributed by atoms with Crippen LogP contribution in [0.3, 0.4) is 0 Å². The number of anilines is 2.